The van der Waals surface area contributed by atoms with E-state index in [1.807, 2.05) is 52.0 Å². The summed E-state index contributed by atoms with van der Waals surface area (Å²) in [6.07, 6.45) is 1.000. The monoisotopic (exact) mass is 391 g/mol. The average Bonchev–Trinajstić information content (AvgIpc) is 2.60. The van der Waals surface area contributed by atoms with Crippen molar-refractivity contribution in [1.82, 2.24) is 20.9 Å². The van der Waals surface area contributed by atoms with Gasteiger partial charge in [-0.15, -0.1) is 0 Å². The third-order valence-corrected chi connectivity index (χ3v) is 3.64. The highest BCUT2D eigenvalue weighted by Gasteiger charge is 2.13. The fraction of sp³-hybridized carbons (Fsp3) is 0.619. The first-order chi connectivity index (χ1) is 13.2. The molecule has 0 saturated heterocycles. The molecule has 1 aromatic carbocycles. The summed E-state index contributed by atoms with van der Waals surface area (Å²) in [6.45, 7) is 11.0. The second kappa shape index (κ2) is 12.2. The molecule has 0 atom stereocenters. The molecule has 1 aromatic rings. The average molecular weight is 392 g/mol. The Morgan fingerprint density at radius 2 is 1.82 bits per heavy atom. The topological polar surface area (TPSA) is 78.0 Å². The number of carbonyl (C=O) groups excluding carboxylic acids is 1. The number of aliphatic imine (C=N–C) groups is 1. The summed E-state index contributed by atoms with van der Waals surface area (Å²) in [7, 11) is 4.12. The zero-order valence-electron chi connectivity index (χ0n) is 18.3. The zero-order valence-corrected chi connectivity index (χ0v) is 18.3. The molecule has 0 bridgehead atoms. The minimum atomic E-state index is -0.246. The van der Waals surface area contributed by atoms with E-state index in [1.165, 1.54) is 0 Å². The van der Waals surface area contributed by atoms with Crippen molar-refractivity contribution in [3.63, 3.8) is 0 Å². The predicted molar refractivity (Wildman–Crippen MR) is 116 cm³/mol. The molecule has 28 heavy (non-hydrogen) atoms. The first-order valence-corrected chi connectivity index (χ1v) is 9.89. The third-order valence-electron chi connectivity index (χ3n) is 3.64. The summed E-state index contributed by atoms with van der Waals surface area (Å²) in [4.78, 5) is 18.6. The maximum Gasteiger partial charge on any atom is 0.239 e. The Morgan fingerprint density at radius 3 is 2.39 bits per heavy atom. The minimum absolute atomic E-state index is 0.0612. The zero-order chi connectivity index (χ0) is 21.0. The van der Waals surface area contributed by atoms with Crippen molar-refractivity contribution in [1.29, 1.82) is 0 Å². The summed E-state index contributed by atoms with van der Waals surface area (Å²) in [6, 6.07) is 7.97. The van der Waals surface area contributed by atoms with Crippen LogP contribution in [0.4, 0.5) is 0 Å². The van der Waals surface area contributed by atoms with Gasteiger partial charge in [-0.05, 0) is 65.9 Å². The summed E-state index contributed by atoms with van der Waals surface area (Å²) < 4.78 is 5.75. The molecule has 0 aliphatic heterocycles. The van der Waals surface area contributed by atoms with E-state index in [1.54, 1.807) is 0 Å². The molecule has 1 rings (SSSR count). The van der Waals surface area contributed by atoms with Crippen molar-refractivity contribution in [3.8, 4) is 5.75 Å². The Hall–Kier alpha value is -2.28. The van der Waals surface area contributed by atoms with Gasteiger partial charge in [-0.3, -0.25) is 4.79 Å². The SMILES string of the molecule is CCNC(=NCc1ccc(OCCCN(C)C)cc1)NCC(=O)NC(C)(C)C. The normalized spacial score (nSPS) is 12.0. The van der Waals surface area contributed by atoms with E-state index in [2.05, 4.69) is 39.9 Å². The molecule has 0 aliphatic rings. The number of amides is 1. The summed E-state index contributed by atoms with van der Waals surface area (Å²) in [5, 5.41) is 9.15. The third kappa shape index (κ3) is 11.4. The lowest BCUT2D eigenvalue weighted by atomic mass is 10.1. The van der Waals surface area contributed by atoms with Gasteiger partial charge < -0.3 is 25.6 Å². The molecule has 0 fully saturated rings. The first-order valence-electron chi connectivity index (χ1n) is 9.89. The highest BCUT2D eigenvalue weighted by atomic mass is 16.5. The van der Waals surface area contributed by atoms with Crippen molar-refractivity contribution >= 4 is 11.9 Å². The van der Waals surface area contributed by atoms with Crippen LogP contribution in [0.15, 0.2) is 29.3 Å². The number of benzene rings is 1. The van der Waals surface area contributed by atoms with Crippen molar-refractivity contribution in [2.75, 3.05) is 40.3 Å². The summed E-state index contributed by atoms with van der Waals surface area (Å²) in [5.74, 6) is 1.43. The van der Waals surface area contributed by atoms with E-state index in [4.69, 9.17) is 4.74 Å². The molecule has 0 aliphatic carbocycles. The van der Waals surface area contributed by atoms with Crippen LogP contribution in [-0.2, 0) is 11.3 Å². The lowest BCUT2D eigenvalue weighted by Gasteiger charge is -2.21. The molecule has 158 valence electrons. The van der Waals surface area contributed by atoms with Crippen LogP contribution in [0, 0.1) is 0 Å². The Labute approximate surface area is 169 Å². The molecule has 1 amide bonds. The largest absolute Gasteiger partial charge is 0.494 e. The number of nitrogens with zero attached hydrogens (tertiary/aromatic N) is 2. The van der Waals surface area contributed by atoms with Crippen LogP contribution < -0.4 is 20.7 Å². The Kier molecular flexibility index (Phi) is 10.4. The Balaban J connectivity index is 2.49. The molecule has 0 radical (unpaired) electrons. The number of guanidine groups is 1. The fourth-order valence-electron chi connectivity index (χ4n) is 2.40. The van der Waals surface area contributed by atoms with Crippen LogP contribution in [0.3, 0.4) is 0 Å². The fourth-order valence-corrected chi connectivity index (χ4v) is 2.40. The van der Waals surface area contributed by atoms with Crippen molar-refractivity contribution < 1.29 is 9.53 Å². The van der Waals surface area contributed by atoms with Crippen LogP contribution in [-0.4, -0.2) is 62.6 Å². The molecule has 0 spiro atoms. The predicted octanol–water partition coefficient (Wildman–Crippen LogP) is 1.99. The number of rotatable bonds is 10. The molecule has 0 heterocycles. The minimum Gasteiger partial charge on any atom is -0.494 e. The lowest BCUT2D eigenvalue weighted by Crippen LogP contribution is -2.48. The van der Waals surface area contributed by atoms with E-state index in [9.17, 15) is 4.79 Å². The lowest BCUT2D eigenvalue weighted by molar-refractivity contribution is -0.121. The highest BCUT2D eigenvalue weighted by molar-refractivity contribution is 5.86. The molecule has 7 nitrogen and oxygen atoms in total. The molecule has 3 N–H and O–H groups in total. The van der Waals surface area contributed by atoms with E-state index in [0.717, 1.165) is 30.8 Å². The summed E-state index contributed by atoms with van der Waals surface area (Å²) in [5.41, 5.74) is 0.835. The van der Waals surface area contributed by atoms with Crippen LogP contribution in [0.2, 0.25) is 0 Å². The molecule has 7 heteroatoms. The van der Waals surface area contributed by atoms with Crippen LogP contribution in [0.25, 0.3) is 0 Å². The van der Waals surface area contributed by atoms with Crippen LogP contribution >= 0.6 is 0 Å². The standard InChI is InChI=1S/C21H37N5O2/c1-7-22-20(24-16-19(27)25-21(2,3)4)23-15-17-9-11-18(12-10-17)28-14-8-13-26(5)6/h9-12H,7-8,13-16H2,1-6H3,(H,25,27)(H2,22,23,24). The van der Waals surface area contributed by atoms with Gasteiger partial charge in [0.2, 0.25) is 5.91 Å². The van der Waals surface area contributed by atoms with E-state index in [0.29, 0.717) is 19.1 Å². The van der Waals surface area contributed by atoms with E-state index >= 15 is 0 Å². The van der Waals surface area contributed by atoms with Gasteiger partial charge in [0.05, 0.1) is 19.7 Å². The molecular formula is C21H37N5O2. The van der Waals surface area contributed by atoms with Crippen LogP contribution in [0.5, 0.6) is 5.75 Å². The number of ether oxygens (including phenoxy) is 1. The van der Waals surface area contributed by atoms with Crippen molar-refractivity contribution in [3.05, 3.63) is 29.8 Å². The molecular weight excluding hydrogens is 354 g/mol. The van der Waals surface area contributed by atoms with Gasteiger partial charge in [0.1, 0.15) is 5.75 Å². The molecule has 0 saturated carbocycles. The second-order valence-electron chi connectivity index (χ2n) is 8.00. The summed E-state index contributed by atoms with van der Waals surface area (Å²) >= 11 is 0. The number of hydrogen-bond donors (Lipinski definition) is 3. The van der Waals surface area contributed by atoms with Gasteiger partial charge in [0, 0.05) is 18.6 Å². The van der Waals surface area contributed by atoms with Gasteiger partial charge in [-0.1, -0.05) is 12.1 Å². The van der Waals surface area contributed by atoms with Crippen molar-refractivity contribution in [2.24, 2.45) is 4.99 Å². The quantitative estimate of drug-likeness (QED) is 0.323. The first kappa shape index (κ1) is 23.8. The number of carbonyl (C=O) groups is 1. The van der Waals surface area contributed by atoms with Gasteiger partial charge >= 0.3 is 0 Å². The van der Waals surface area contributed by atoms with Gasteiger partial charge in [-0.2, -0.15) is 0 Å². The maximum atomic E-state index is 12.0. The highest BCUT2D eigenvalue weighted by Crippen LogP contribution is 2.13. The Bertz CT molecular complexity index is 606. The molecule has 0 unspecified atom stereocenters. The van der Waals surface area contributed by atoms with E-state index < -0.39 is 0 Å². The number of nitrogens with one attached hydrogen (secondary N) is 3. The van der Waals surface area contributed by atoms with Crippen molar-refractivity contribution in [2.45, 2.75) is 46.2 Å². The van der Waals surface area contributed by atoms with Gasteiger partial charge in [-0.25, -0.2) is 4.99 Å². The number of hydrogen-bond acceptors (Lipinski definition) is 4. The Morgan fingerprint density at radius 1 is 1.14 bits per heavy atom. The van der Waals surface area contributed by atoms with Gasteiger partial charge in [0.15, 0.2) is 5.96 Å². The second-order valence-corrected chi connectivity index (χ2v) is 8.00. The smallest absolute Gasteiger partial charge is 0.239 e. The van der Waals surface area contributed by atoms with Gasteiger partial charge in [0.25, 0.3) is 0 Å². The molecule has 0 aromatic heterocycles. The maximum absolute atomic E-state index is 12.0. The van der Waals surface area contributed by atoms with E-state index in [-0.39, 0.29) is 18.0 Å². The van der Waals surface area contributed by atoms with Crippen LogP contribution in [0.1, 0.15) is 39.7 Å².